The van der Waals surface area contributed by atoms with Crippen LogP contribution in [0.2, 0.25) is 0 Å². The number of amides is 1. The molecule has 1 amide bonds. The van der Waals surface area contributed by atoms with E-state index < -0.39 is 0 Å². The second-order valence-electron chi connectivity index (χ2n) is 5.92. The van der Waals surface area contributed by atoms with Crippen LogP contribution in [0.3, 0.4) is 0 Å². The van der Waals surface area contributed by atoms with Crippen molar-refractivity contribution in [2.75, 3.05) is 16.8 Å². The van der Waals surface area contributed by atoms with Crippen molar-refractivity contribution in [2.45, 2.75) is 6.42 Å². The van der Waals surface area contributed by atoms with Crippen LogP contribution in [0, 0.1) is 11.3 Å². The van der Waals surface area contributed by atoms with E-state index in [1.165, 1.54) is 5.56 Å². The third kappa shape index (κ3) is 2.98. The van der Waals surface area contributed by atoms with E-state index in [4.69, 9.17) is 5.26 Å². The van der Waals surface area contributed by atoms with Crippen LogP contribution in [0.4, 0.5) is 17.3 Å². The molecule has 0 bridgehead atoms. The van der Waals surface area contributed by atoms with Crippen molar-refractivity contribution >= 4 is 23.2 Å². The van der Waals surface area contributed by atoms with Crippen LogP contribution < -0.4 is 10.2 Å². The molecular formula is C20H15N5O. The quantitative estimate of drug-likeness (QED) is 0.790. The van der Waals surface area contributed by atoms with Gasteiger partial charge in [-0.1, -0.05) is 24.3 Å². The minimum Gasteiger partial charge on any atom is -0.321 e. The van der Waals surface area contributed by atoms with E-state index in [0.29, 0.717) is 17.2 Å². The maximum absolute atomic E-state index is 12.5. The Morgan fingerprint density at radius 3 is 2.92 bits per heavy atom. The number of fused-ring (bicyclic) bond motifs is 1. The van der Waals surface area contributed by atoms with Gasteiger partial charge in [0.2, 0.25) is 5.95 Å². The molecule has 0 fully saturated rings. The largest absolute Gasteiger partial charge is 0.321 e. The molecule has 26 heavy (non-hydrogen) atoms. The summed E-state index contributed by atoms with van der Waals surface area (Å²) in [6.45, 7) is 0.786. The molecule has 0 atom stereocenters. The second kappa shape index (κ2) is 6.65. The van der Waals surface area contributed by atoms with Gasteiger partial charge in [-0.2, -0.15) is 5.26 Å². The fourth-order valence-electron chi connectivity index (χ4n) is 3.01. The van der Waals surface area contributed by atoms with Gasteiger partial charge in [-0.15, -0.1) is 0 Å². The highest BCUT2D eigenvalue weighted by molar-refractivity contribution is 6.03. The summed E-state index contributed by atoms with van der Waals surface area (Å²) in [5, 5.41) is 11.7. The Morgan fingerprint density at radius 2 is 2.04 bits per heavy atom. The van der Waals surface area contributed by atoms with Gasteiger partial charge >= 0.3 is 0 Å². The third-order valence-corrected chi connectivity index (χ3v) is 4.25. The van der Waals surface area contributed by atoms with E-state index in [1.54, 1.807) is 36.5 Å². The van der Waals surface area contributed by atoms with Crippen molar-refractivity contribution in [1.29, 1.82) is 5.26 Å². The van der Waals surface area contributed by atoms with Gasteiger partial charge < -0.3 is 10.2 Å². The van der Waals surface area contributed by atoms with Gasteiger partial charge in [0.25, 0.3) is 5.91 Å². The number of para-hydroxylation sites is 1. The number of nitrogens with zero attached hydrogens (tertiary/aromatic N) is 4. The van der Waals surface area contributed by atoms with Crippen LogP contribution in [0.15, 0.2) is 60.8 Å². The summed E-state index contributed by atoms with van der Waals surface area (Å²) in [5.41, 5.74) is 3.65. The number of carbonyl (C=O) groups is 1. The van der Waals surface area contributed by atoms with E-state index in [-0.39, 0.29) is 11.6 Å². The van der Waals surface area contributed by atoms with Crippen molar-refractivity contribution < 1.29 is 4.79 Å². The first-order valence-electron chi connectivity index (χ1n) is 8.24. The molecule has 6 heteroatoms. The Kier molecular flexibility index (Phi) is 4.04. The summed E-state index contributed by atoms with van der Waals surface area (Å²) in [6.07, 6.45) is 2.51. The van der Waals surface area contributed by atoms with E-state index in [2.05, 4.69) is 27.4 Å². The number of hydrogen-bond donors (Lipinski definition) is 1. The zero-order chi connectivity index (χ0) is 17.9. The predicted molar refractivity (Wildman–Crippen MR) is 98.3 cm³/mol. The highest BCUT2D eigenvalue weighted by atomic mass is 16.1. The normalized spacial score (nSPS) is 12.3. The molecule has 0 saturated heterocycles. The second-order valence-corrected chi connectivity index (χ2v) is 5.92. The molecule has 0 unspecified atom stereocenters. The number of nitriles is 1. The van der Waals surface area contributed by atoms with Gasteiger partial charge in [-0.3, -0.25) is 4.79 Å². The smallest absolute Gasteiger partial charge is 0.274 e. The first-order valence-corrected chi connectivity index (χ1v) is 8.24. The molecule has 0 saturated carbocycles. The van der Waals surface area contributed by atoms with Gasteiger partial charge in [0.15, 0.2) is 0 Å². The summed E-state index contributed by atoms with van der Waals surface area (Å²) < 4.78 is 0. The summed E-state index contributed by atoms with van der Waals surface area (Å²) in [5.74, 6) is 0.171. The van der Waals surface area contributed by atoms with Crippen LogP contribution in [0.25, 0.3) is 0 Å². The van der Waals surface area contributed by atoms with Gasteiger partial charge in [-0.25, -0.2) is 9.97 Å². The van der Waals surface area contributed by atoms with Crippen molar-refractivity contribution in [3.63, 3.8) is 0 Å². The summed E-state index contributed by atoms with van der Waals surface area (Å²) >= 11 is 0. The van der Waals surface area contributed by atoms with Crippen LogP contribution in [-0.2, 0) is 6.42 Å². The van der Waals surface area contributed by atoms with Crippen molar-refractivity contribution in [3.05, 3.63) is 77.6 Å². The third-order valence-electron chi connectivity index (χ3n) is 4.25. The van der Waals surface area contributed by atoms with E-state index in [1.807, 2.05) is 23.1 Å². The Morgan fingerprint density at radius 1 is 1.15 bits per heavy atom. The molecule has 0 aliphatic carbocycles. The highest BCUT2D eigenvalue weighted by Gasteiger charge is 2.22. The number of aromatic nitrogens is 2. The lowest BCUT2D eigenvalue weighted by Gasteiger charge is -2.17. The van der Waals surface area contributed by atoms with Crippen LogP contribution in [0.5, 0.6) is 0 Å². The number of anilines is 3. The molecule has 3 aromatic rings. The topological polar surface area (TPSA) is 81.9 Å². The Hall–Kier alpha value is -3.72. The van der Waals surface area contributed by atoms with E-state index in [9.17, 15) is 4.79 Å². The molecule has 6 nitrogen and oxygen atoms in total. The maximum atomic E-state index is 12.5. The van der Waals surface area contributed by atoms with Gasteiger partial charge in [0.1, 0.15) is 5.69 Å². The molecule has 1 N–H and O–H groups in total. The standard InChI is InChI=1S/C20H15N5O/c21-13-14-4-3-6-16(12-14)23-19(26)17-8-10-22-20(24-17)25-11-9-15-5-1-2-7-18(15)25/h1-8,10,12H,9,11H2,(H,23,26). The molecule has 4 rings (SSSR count). The maximum Gasteiger partial charge on any atom is 0.274 e. The van der Waals surface area contributed by atoms with Crippen molar-refractivity contribution in [1.82, 2.24) is 9.97 Å². The minimum absolute atomic E-state index is 0.279. The average Bonchev–Trinajstić information content (AvgIpc) is 3.12. The van der Waals surface area contributed by atoms with Gasteiger partial charge in [0, 0.05) is 24.1 Å². The molecule has 1 aliphatic rings. The lowest BCUT2D eigenvalue weighted by molar-refractivity contribution is 0.102. The Balaban J connectivity index is 1.58. The molecule has 126 valence electrons. The lowest BCUT2D eigenvalue weighted by atomic mass is 10.2. The molecule has 0 radical (unpaired) electrons. The molecule has 2 aromatic carbocycles. The number of benzene rings is 2. The fourth-order valence-corrected chi connectivity index (χ4v) is 3.01. The van der Waals surface area contributed by atoms with Crippen molar-refractivity contribution in [3.8, 4) is 6.07 Å². The number of carbonyl (C=O) groups excluding carboxylic acids is 1. The molecular weight excluding hydrogens is 326 g/mol. The monoisotopic (exact) mass is 341 g/mol. The Labute approximate surface area is 150 Å². The fraction of sp³-hybridized carbons (Fsp3) is 0.100. The van der Waals surface area contributed by atoms with Crippen LogP contribution in [0.1, 0.15) is 21.6 Å². The number of nitrogens with one attached hydrogen (secondary N) is 1. The zero-order valence-corrected chi connectivity index (χ0v) is 13.9. The minimum atomic E-state index is -0.337. The first kappa shape index (κ1) is 15.8. The lowest BCUT2D eigenvalue weighted by Crippen LogP contribution is -2.20. The molecule has 0 spiro atoms. The molecule has 1 aromatic heterocycles. The zero-order valence-electron chi connectivity index (χ0n) is 13.9. The molecule has 2 heterocycles. The van der Waals surface area contributed by atoms with Gasteiger partial charge in [0.05, 0.1) is 11.6 Å². The van der Waals surface area contributed by atoms with Crippen LogP contribution in [-0.4, -0.2) is 22.4 Å². The average molecular weight is 341 g/mol. The number of rotatable bonds is 3. The van der Waals surface area contributed by atoms with Crippen LogP contribution >= 0.6 is 0 Å². The van der Waals surface area contributed by atoms with Gasteiger partial charge in [-0.05, 0) is 42.3 Å². The number of hydrogen-bond acceptors (Lipinski definition) is 5. The predicted octanol–water partition coefficient (Wildman–Crippen LogP) is 3.29. The SMILES string of the molecule is N#Cc1cccc(NC(=O)c2ccnc(N3CCc4ccccc43)n2)c1. The van der Waals surface area contributed by atoms with E-state index >= 15 is 0 Å². The molecule has 1 aliphatic heterocycles. The summed E-state index contributed by atoms with van der Waals surface area (Å²) in [6, 6.07) is 18.5. The van der Waals surface area contributed by atoms with E-state index in [0.717, 1.165) is 18.7 Å². The first-order chi connectivity index (χ1) is 12.7. The summed E-state index contributed by atoms with van der Waals surface area (Å²) in [7, 11) is 0. The summed E-state index contributed by atoms with van der Waals surface area (Å²) in [4.78, 5) is 23.3. The Bertz CT molecular complexity index is 1020. The highest BCUT2D eigenvalue weighted by Crippen LogP contribution is 2.32. The van der Waals surface area contributed by atoms with Crippen molar-refractivity contribution in [2.24, 2.45) is 0 Å².